The number of hydrogen-bond donors (Lipinski definition) is 0. The number of nitrogens with zero attached hydrogens (tertiary/aromatic N) is 3. The molecule has 0 N–H and O–H groups in total. The lowest BCUT2D eigenvalue weighted by Crippen LogP contribution is -2.40. The van der Waals surface area contributed by atoms with Crippen LogP contribution >= 0.6 is 11.8 Å². The van der Waals surface area contributed by atoms with Crippen molar-refractivity contribution >= 4 is 34.9 Å². The predicted octanol–water partition coefficient (Wildman–Crippen LogP) is 4.37. The van der Waals surface area contributed by atoms with Gasteiger partial charge >= 0.3 is 0 Å². The normalized spacial score (nSPS) is 18.0. The zero-order valence-electron chi connectivity index (χ0n) is 18.4. The highest BCUT2D eigenvalue weighted by molar-refractivity contribution is 8.18. The van der Waals surface area contributed by atoms with Crippen LogP contribution in [0.1, 0.15) is 40.9 Å². The maximum Gasteiger partial charge on any atom is 0.294 e. The Labute approximate surface area is 186 Å². The van der Waals surface area contributed by atoms with Crippen molar-refractivity contribution in [3.05, 3.63) is 57.2 Å². The van der Waals surface area contributed by atoms with Gasteiger partial charge in [0.2, 0.25) is 5.91 Å². The van der Waals surface area contributed by atoms with E-state index >= 15 is 0 Å². The zero-order chi connectivity index (χ0) is 22.3. The maximum atomic E-state index is 12.9. The molecular formula is C24H27N3O3S. The minimum absolute atomic E-state index is 0.158. The third-order valence-electron chi connectivity index (χ3n) is 6.13. The van der Waals surface area contributed by atoms with E-state index in [9.17, 15) is 14.4 Å². The lowest BCUT2D eigenvalue weighted by Gasteiger charge is -2.18. The quantitative estimate of drug-likeness (QED) is 0.667. The number of hydrogen-bond acceptors (Lipinski definition) is 4. The lowest BCUT2D eigenvalue weighted by atomic mass is 10.1. The number of aryl methyl sites for hydroxylation is 3. The number of likely N-dealkylation sites (tertiary alicyclic amines) is 1. The minimum atomic E-state index is -0.390. The molecule has 0 radical (unpaired) electrons. The molecule has 0 spiro atoms. The fraction of sp³-hybridized carbons (Fsp3) is 0.375. The Balaban J connectivity index is 1.59. The molecule has 3 amide bonds. The van der Waals surface area contributed by atoms with E-state index in [1.54, 1.807) is 11.0 Å². The van der Waals surface area contributed by atoms with Gasteiger partial charge in [-0.1, -0.05) is 6.07 Å². The van der Waals surface area contributed by atoms with Crippen molar-refractivity contribution in [1.82, 2.24) is 14.4 Å². The summed E-state index contributed by atoms with van der Waals surface area (Å²) in [5, 5.41) is -0.383. The molecular weight excluding hydrogens is 410 g/mol. The molecule has 6 nitrogen and oxygen atoms in total. The first kappa shape index (κ1) is 21.4. The smallest absolute Gasteiger partial charge is 0.294 e. The number of aromatic nitrogens is 1. The number of benzene rings is 1. The van der Waals surface area contributed by atoms with Crippen molar-refractivity contribution in [3.8, 4) is 5.69 Å². The van der Waals surface area contributed by atoms with Gasteiger partial charge in [-0.05, 0) is 93.3 Å². The first-order valence-electron chi connectivity index (χ1n) is 10.6. The molecule has 7 heteroatoms. The lowest BCUT2D eigenvalue weighted by molar-refractivity contribution is -0.135. The van der Waals surface area contributed by atoms with E-state index in [1.807, 2.05) is 19.9 Å². The average Bonchev–Trinajstić information content (AvgIpc) is 3.41. The van der Waals surface area contributed by atoms with Crippen LogP contribution < -0.4 is 0 Å². The van der Waals surface area contributed by atoms with Gasteiger partial charge in [0.05, 0.1) is 4.91 Å². The molecule has 0 saturated carbocycles. The molecule has 2 aromatic rings. The fourth-order valence-electron chi connectivity index (χ4n) is 4.18. The van der Waals surface area contributed by atoms with E-state index in [4.69, 9.17) is 0 Å². The largest absolute Gasteiger partial charge is 0.341 e. The minimum Gasteiger partial charge on any atom is -0.341 e. The van der Waals surface area contributed by atoms with Crippen LogP contribution in [0.5, 0.6) is 0 Å². The molecule has 2 saturated heterocycles. The van der Waals surface area contributed by atoms with E-state index in [-0.39, 0.29) is 17.7 Å². The molecule has 0 aliphatic carbocycles. The summed E-state index contributed by atoms with van der Waals surface area (Å²) in [4.78, 5) is 40.9. The van der Waals surface area contributed by atoms with Gasteiger partial charge in [-0.15, -0.1) is 0 Å². The van der Waals surface area contributed by atoms with Crippen LogP contribution in [0.25, 0.3) is 11.8 Å². The number of amides is 3. The molecule has 4 rings (SSSR count). The van der Waals surface area contributed by atoms with Crippen molar-refractivity contribution in [2.45, 2.75) is 40.5 Å². The zero-order valence-corrected chi connectivity index (χ0v) is 19.2. The second kappa shape index (κ2) is 8.38. The standard InChI is InChI=1S/C24H27N3O3S/c1-15-7-8-20(11-16(15)2)27-17(3)12-19(18(27)4)13-21-23(29)26(24(30)31-21)14-22(28)25-9-5-6-10-25/h7-8,11-13H,5-6,9-10,14H2,1-4H3. The van der Waals surface area contributed by atoms with Gasteiger partial charge in [0.25, 0.3) is 11.1 Å². The Hall–Kier alpha value is -2.80. The van der Waals surface area contributed by atoms with Crippen LogP contribution in [-0.4, -0.2) is 51.1 Å². The van der Waals surface area contributed by atoms with Gasteiger partial charge in [0.1, 0.15) is 6.54 Å². The first-order valence-corrected chi connectivity index (χ1v) is 11.4. The molecule has 1 aromatic heterocycles. The molecule has 2 aliphatic rings. The number of thioether (sulfide) groups is 1. The number of imide groups is 1. The summed E-state index contributed by atoms with van der Waals surface area (Å²) in [6.07, 6.45) is 3.72. The fourth-order valence-corrected chi connectivity index (χ4v) is 5.00. The topological polar surface area (TPSA) is 62.6 Å². The molecule has 2 fully saturated rings. The monoisotopic (exact) mass is 437 g/mol. The van der Waals surface area contributed by atoms with Crippen molar-refractivity contribution in [1.29, 1.82) is 0 Å². The molecule has 1 aromatic carbocycles. The van der Waals surface area contributed by atoms with Crippen LogP contribution in [0.4, 0.5) is 4.79 Å². The molecule has 0 bridgehead atoms. The summed E-state index contributed by atoms with van der Waals surface area (Å²) < 4.78 is 2.15. The molecule has 3 heterocycles. The number of carbonyl (C=O) groups is 3. The Morgan fingerprint density at radius 1 is 1.03 bits per heavy atom. The van der Waals surface area contributed by atoms with Crippen molar-refractivity contribution in [3.63, 3.8) is 0 Å². The van der Waals surface area contributed by atoms with Gasteiger partial charge in [-0.25, -0.2) is 0 Å². The summed E-state index contributed by atoms with van der Waals surface area (Å²) >= 11 is 0.904. The SMILES string of the molecule is Cc1ccc(-n2c(C)cc(C=C3SC(=O)N(CC(=O)N4CCCC4)C3=O)c2C)cc1C. The molecule has 0 atom stereocenters. The second-order valence-corrected chi connectivity index (χ2v) is 9.28. The Morgan fingerprint density at radius 2 is 1.74 bits per heavy atom. The summed E-state index contributed by atoms with van der Waals surface area (Å²) in [6.45, 7) is 9.45. The van der Waals surface area contributed by atoms with Gasteiger partial charge in [0, 0.05) is 30.2 Å². The van der Waals surface area contributed by atoms with Crippen LogP contribution in [0.3, 0.4) is 0 Å². The van der Waals surface area contributed by atoms with Crippen molar-refractivity contribution in [2.75, 3.05) is 19.6 Å². The van der Waals surface area contributed by atoms with Gasteiger partial charge in [0.15, 0.2) is 0 Å². The van der Waals surface area contributed by atoms with Gasteiger partial charge < -0.3 is 9.47 Å². The van der Waals surface area contributed by atoms with Crippen molar-refractivity contribution in [2.24, 2.45) is 0 Å². The highest BCUT2D eigenvalue weighted by atomic mass is 32.2. The molecule has 31 heavy (non-hydrogen) atoms. The molecule has 162 valence electrons. The Bertz CT molecular complexity index is 1110. The van der Waals surface area contributed by atoms with Crippen LogP contribution in [0, 0.1) is 27.7 Å². The highest BCUT2D eigenvalue weighted by Gasteiger charge is 2.37. The first-order chi connectivity index (χ1) is 14.8. The third-order valence-corrected chi connectivity index (χ3v) is 7.04. The summed E-state index contributed by atoms with van der Waals surface area (Å²) in [5.74, 6) is -0.549. The van der Waals surface area contributed by atoms with Crippen LogP contribution in [0.15, 0.2) is 29.2 Å². The second-order valence-electron chi connectivity index (χ2n) is 8.29. The number of carbonyl (C=O) groups excluding carboxylic acids is 3. The van der Waals surface area contributed by atoms with E-state index < -0.39 is 5.91 Å². The summed E-state index contributed by atoms with van der Waals surface area (Å²) in [5.41, 5.74) is 6.48. The van der Waals surface area contributed by atoms with E-state index in [2.05, 4.69) is 36.6 Å². The van der Waals surface area contributed by atoms with Crippen LogP contribution in [-0.2, 0) is 9.59 Å². The Morgan fingerprint density at radius 3 is 2.42 bits per heavy atom. The third kappa shape index (κ3) is 4.06. The van der Waals surface area contributed by atoms with Gasteiger partial charge in [-0.2, -0.15) is 0 Å². The number of rotatable bonds is 4. The Kier molecular flexibility index (Phi) is 5.79. The van der Waals surface area contributed by atoms with E-state index in [0.717, 1.165) is 52.1 Å². The molecule has 0 unspecified atom stereocenters. The van der Waals surface area contributed by atoms with Gasteiger partial charge in [-0.3, -0.25) is 19.3 Å². The highest BCUT2D eigenvalue weighted by Crippen LogP contribution is 2.34. The van der Waals surface area contributed by atoms with Crippen LogP contribution in [0.2, 0.25) is 0 Å². The van der Waals surface area contributed by atoms with Crippen molar-refractivity contribution < 1.29 is 14.4 Å². The van der Waals surface area contributed by atoms with E-state index in [0.29, 0.717) is 18.0 Å². The average molecular weight is 438 g/mol. The summed E-state index contributed by atoms with van der Waals surface area (Å²) in [7, 11) is 0. The van der Waals surface area contributed by atoms with E-state index in [1.165, 1.54) is 11.1 Å². The predicted molar refractivity (Wildman–Crippen MR) is 123 cm³/mol. The molecule has 2 aliphatic heterocycles. The maximum absolute atomic E-state index is 12.9. The summed E-state index contributed by atoms with van der Waals surface area (Å²) in [6, 6.07) is 8.36.